The van der Waals surface area contributed by atoms with Crippen molar-refractivity contribution in [2.45, 2.75) is 32.9 Å². The lowest BCUT2D eigenvalue weighted by atomic mass is 10.2. The Labute approximate surface area is 150 Å². The standard InChI is InChI=1S/C17H21F3N6/c1-11(2)16-21-12(3)10-15(22-16)26-8-6-25(7-9-26)14-5-4-13(23-24-14)17(18,19)20/h4-5,10-11H,6-9H2,1-3H3. The molecule has 1 saturated heterocycles. The van der Waals surface area contributed by atoms with E-state index in [2.05, 4.69) is 38.9 Å². The van der Waals surface area contributed by atoms with E-state index in [0.717, 1.165) is 23.4 Å². The number of rotatable bonds is 3. The van der Waals surface area contributed by atoms with Crippen molar-refractivity contribution in [1.29, 1.82) is 0 Å². The van der Waals surface area contributed by atoms with Gasteiger partial charge in [0.05, 0.1) is 0 Å². The van der Waals surface area contributed by atoms with Gasteiger partial charge in [-0.05, 0) is 19.1 Å². The van der Waals surface area contributed by atoms with E-state index in [9.17, 15) is 13.2 Å². The average Bonchev–Trinajstić information content (AvgIpc) is 2.61. The first-order valence-electron chi connectivity index (χ1n) is 8.50. The molecule has 1 fully saturated rings. The number of halogens is 3. The number of piperazine rings is 1. The highest BCUT2D eigenvalue weighted by Gasteiger charge is 2.33. The van der Waals surface area contributed by atoms with E-state index in [1.807, 2.05) is 17.9 Å². The first kappa shape index (κ1) is 18.3. The van der Waals surface area contributed by atoms with Gasteiger partial charge >= 0.3 is 6.18 Å². The van der Waals surface area contributed by atoms with Crippen LogP contribution in [0, 0.1) is 6.92 Å². The molecule has 0 atom stereocenters. The van der Waals surface area contributed by atoms with E-state index < -0.39 is 11.9 Å². The minimum absolute atomic E-state index is 0.248. The topological polar surface area (TPSA) is 58.0 Å². The second kappa shape index (κ2) is 7.05. The predicted octanol–water partition coefficient (Wildman–Crippen LogP) is 3.04. The maximum Gasteiger partial charge on any atom is 0.435 e. The molecule has 2 aromatic rings. The Morgan fingerprint density at radius 1 is 0.923 bits per heavy atom. The monoisotopic (exact) mass is 366 g/mol. The number of hydrogen-bond donors (Lipinski definition) is 0. The van der Waals surface area contributed by atoms with Crippen LogP contribution in [-0.4, -0.2) is 46.3 Å². The summed E-state index contributed by atoms with van der Waals surface area (Å²) in [5, 5.41) is 7.02. The van der Waals surface area contributed by atoms with Crippen LogP contribution >= 0.6 is 0 Å². The first-order valence-corrected chi connectivity index (χ1v) is 8.50. The van der Waals surface area contributed by atoms with Gasteiger partial charge in [-0.3, -0.25) is 0 Å². The number of aryl methyl sites for hydroxylation is 1. The summed E-state index contributed by atoms with van der Waals surface area (Å²) in [6.07, 6.45) is -4.47. The van der Waals surface area contributed by atoms with Crippen LogP contribution in [0.1, 0.15) is 37.0 Å². The molecule has 0 aromatic carbocycles. The second-order valence-electron chi connectivity index (χ2n) is 6.63. The molecule has 6 nitrogen and oxygen atoms in total. The zero-order chi connectivity index (χ0) is 18.9. The Morgan fingerprint density at radius 3 is 2.04 bits per heavy atom. The van der Waals surface area contributed by atoms with Crippen molar-refractivity contribution in [3.05, 3.63) is 35.4 Å². The van der Waals surface area contributed by atoms with Gasteiger partial charge in [0.1, 0.15) is 11.6 Å². The van der Waals surface area contributed by atoms with Gasteiger partial charge in [0, 0.05) is 43.9 Å². The second-order valence-corrected chi connectivity index (χ2v) is 6.63. The molecule has 0 aliphatic carbocycles. The van der Waals surface area contributed by atoms with Crippen molar-refractivity contribution in [3.63, 3.8) is 0 Å². The molecule has 3 rings (SSSR count). The van der Waals surface area contributed by atoms with E-state index in [1.54, 1.807) is 0 Å². The van der Waals surface area contributed by atoms with Gasteiger partial charge in [-0.15, -0.1) is 10.2 Å². The minimum atomic E-state index is -4.47. The lowest BCUT2D eigenvalue weighted by molar-refractivity contribution is -0.141. The van der Waals surface area contributed by atoms with Gasteiger partial charge in [0.15, 0.2) is 11.5 Å². The van der Waals surface area contributed by atoms with Gasteiger partial charge in [0.2, 0.25) is 0 Å². The van der Waals surface area contributed by atoms with Gasteiger partial charge in [-0.2, -0.15) is 13.2 Å². The summed E-state index contributed by atoms with van der Waals surface area (Å²) >= 11 is 0. The zero-order valence-corrected chi connectivity index (χ0v) is 15.0. The summed E-state index contributed by atoms with van der Waals surface area (Å²) in [5.74, 6) is 2.41. The van der Waals surface area contributed by atoms with Crippen molar-refractivity contribution in [2.24, 2.45) is 0 Å². The molecule has 0 amide bonds. The Morgan fingerprint density at radius 2 is 1.54 bits per heavy atom. The summed E-state index contributed by atoms with van der Waals surface area (Å²) < 4.78 is 37.8. The number of nitrogens with zero attached hydrogens (tertiary/aromatic N) is 6. The van der Waals surface area contributed by atoms with Crippen LogP contribution in [0.3, 0.4) is 0 Å². The smallest absolute Gasteiger partial charge is 0.353 e. The fraction of sp³-hybridized carbons (Fsp3) is 0.529. The molecule has 0 unspecified atom stereocenters. The summed E-state index contributed by atoms with van der Waals surface area (Å²) in [4.78, 5) is 13.2. The number of hydrogen-bond acceptors (Lipinski definition) is 6. The third-order valence-electron chi connectivity index (χ3n) is 4.24. The van der Waals surface area contributed by atoms with E-state index >= 15 is 0 Å². The lowest BCUT2D eigenvalue weighted by Gasteiger charge is -2.36. The van der Waals surface area contributed by atoms with Gasteiger partial charge in [-0.1, -0.05) is 13.8 Å². The fourth-order valence-corrected chi connectivity index (χ4v) is 2.80. The molecule has 2 aromatic heterocycles. The highest BCUT2D eigenvalue weighted by atomic mass is 19.4. The lowest BCUT2D eigenvalue weighted by Crippen LogP contribution is -2.47. The third-order valence-corrected chi connectivity index (χ3v) is 4.24. The fourth-order valence-electron chi connectivity index (χ4n) is 2.80. The van der Waals surface area contributed by atoms with E-state index in [0.29, 0.717) is 32.0 Å². The molecule has 0 spiro atoms. The maximum atomic E-state index is 12.6. The normalized spacial score (nSPS) is 15.7. The highest BCUT2D eigenvalue weighted by molar-refractivity contribution is 5.45. The average molecular weight is 366 g/mol. The van der Waals surface area contributed by atoms with Crippen LogP contribution in [0.4, 0.5) is 24.8 Å². The van der Waals surface area contributed by atoms with Crippen LogP contribution in [-0.2, 0) is 6.18 Å². The third kappa shape index (κ3) is 4.03. The first-order chi connectivity index (χ1) is 12.2. The number of alkyl halides is 3. The summed E-state index contributed by atoms with van der Waals surface area (Å²) in [5.41, 5.74) is -0.0488. The van der Waals surface area contributed by atoms with Gasteiger partial charge < -0.3 is 9.80 Å². The highest BCUT2D eigenvalue weighted by Crippen LogP contribution is 2.28. The molecule has 0 bridgehead atoms. The largest absolute Gasteiger partial charge is 0.435 e. The van der Waals surface area contributed by atoms with E-state index in [1.165, 1.54) is 6.07 Å². The molecule has 1 aliphatic rings. The molecular weight excluding hydrogens is 345 g/mol. The van der Waals surface area contributed by atoms with Crippen LogP contribution < -0.4 is 9.80 Å². The number of aromatic nitrogens is 4. The van der Waals surface area contributed by atoms with Crippen molar-refractivity contribution < 1.29 is 13.2 Å². The van der Waals surface area contributed by atoms with Crippen LogP contribution in [0.25, 0.3) is 0 Å². The summed E-state index contributed by atoms with van der Waals surface area (Å²) in [6, 6.07) is 4.30. The predicted molar refractivity (Wildman–Crippen MR) is 92.3 cm³/mol. The Hall–Kier alpha value is -2.45. The molecule has 3 heterocycles. The number of anilines is 2. The van der Waals surface area contributed by atoms with Crippen LogP contribution in [0.5, 0.6) is 0 Å². The zero-order valence-electron chi connectivity index (χ0n) is 15.0. The van der Waals surface area contributed by atoms with Crippen molar-refractivity contribution >= 4 is 11.6 Å². The molecule has 0 saturated carbocycles. The van der Waals surface area contributed by atoms with Gasteiger partial charge in [-0.25, -0.2) is 9.97 Å². The van der Waals surface area contributed by atoms with E-state index in [4.69, 9.17) is 0 Å². The molecule has 0 radical (unpaired) electrons. The molecule has 1 aliphatic heterocycles. The molecule has 26 heavy (non-hydrogen) atoms. The van der Waals surface area contributed by atoms with Crippen molar-refractivity contribution in [3.8, 4) is 0 Å². The maximum absolute atomic E-state index is 12.6. The van der Waals surface area contributed by atoms with Gasteiger partial charge in [0.25, 0.3) is 0 Å². The molecule has 9 heteroatoms. The summed E-state index contributed by atoms with van der Waals surface area (Å²) in [6.45, 7) is 8.75. The van der Waals surface area contributed by atoms with Crippen molar-refractivity contribution in [2.75, 3.05) is 36.0 Å². The van der Waals surface area contributed by atoms with Crippen LogP contribution in [0.2, 0.25) is 0 Å². The molecular formula is C17H21F3N6. The van der Waals surface area contributed by atoms with Crippen molar-refractivity contribution in [1.82, 2.24) is 20.2 Å². The van der Waals surface area contributed by atoms with Crippen LogP contribution in [0.15, 0.2) is 18.2 Å². The Kier molecular flexibility index (Phi) is 4.97. The molecule has 0 N–H and O–H groups in total. The van der Waals surface area contributed by atoms with E-state index in [-0.39, 0.29) is 5.92 Å². The Balaban J connectivity index is 1.68. The minimum Gasteiger partial charge on any atom is -0.353 e. The quantitative estimate of drug-likeness (QED) is 0.832. The molecule has 140 valence electrons. The summed E-state index contributed by atoms with van der Waals surface area (Å²) in [7, 11) is 0. The SMILES string of the molecule is Cc1cc(N2CCN(c3ccc(C(F)(F)F)nn3)CC2)nc(C(C)C)n1. The Bertz CT molecular complexity index is 752.